The van der Waals surface area contributed by atoms with E-state index in [1.54, 1.807) is 30.8 Å². The van der Waals surface area contributed by atoms with Crippen LogP contribution in [0.15, 0.2) is 36.5 Å². The number of hydrogen-bond donors (Lipinski definition) is 1. The summed E-state index contributed by atoms with van der Waals surface area (Å²) < 4.78 is 24.3. The third-order valence-electron chi connectivity index (χ3n) is 9.83. The molecule has 44 heavy (non-hydrogen) atoms. The van der Waals surface area contributed by atoms with Gasteiger partial charge in [0, 0.05) is 56.3 Å². The van der Waals surface area contributed by atoms with Crippen molar-refractivity contribution in [2.45, 2.75) is 70.6 Å². The lowest BCUT2D eigenvalue weighted by Crippen LogP contribution is -2.50. The van der Waals surface area contributed by atoms with Crippen LogP contribution in [0, 0.1) is 12.8 Å². The van der Waals surface area contributed by atoms with Gasteiger partial charge in [-0.15, -0.1) is 0 Å². The molecule has 232 valence electrons. The first kappa shape index (κ1) is 28.8. The summed E-state index contributed by atoms with van der Waals surface area (Å²) in [6, 6.07) is 10.2. The zero-order chi connectivity index (χ0) is 30.7. The minimum absolute atomic E-state index is 0.0354. The van der Waals surface area contributed by atoms with Gasteiger partial charge in [0.2, 0.25) is 5.91 Å². The van der Waals surface area contributed by atoms with E-state index in [-0.39, 0.29) is 30.8 Å². The summed E-state index contributed by atoms with van der Waals surface area (Å²) in [5, 5.41) is 6.26. The molecule has 0 spiro atoms. The number of aromatic nitrogens is 3. The second-order valence-electron chi connectivity index (χ2n) is 13.0. The Labute approximate surface area is 256 Å². The Balaban J connectivity index is 1.32. The highest BCUT2D eigenvalue weighted by Gasteiger charge is 2.32. The van der Waals surface area contributed by atoms with Crippen LogP contribution < -0.4 is 10.5 Å². The molecule has 0 bridgehead atoms. The summed E-state index contributed by atoms with van der Waals surface area (Å²) in [6.45, 7) is 6.56. The molecule has 3 aliphatic rings. The van der Waals surface area contributed by atoms with Crippen molar-refractivity contribution >= 4 is 28.2 Å². The Kier molecular flexibility index (Phi) is 7.35. The predicted molar refractivity (Wildman–Crippen MR) is 168 cm³/mol. The van der Waals surface area contributed by atoms with Crippen molar-refractivity contribution in [3.05, 3.63) is 53.2 Å². The molecule has 2 amide bonds. The van der Waals surface area contributed by atoms with E-state index in [1.165, 1.54) is 34.2 Å². The van der Waals surface area contributed by atoms with Gasteiger partial charge in [-0.1, -0.05) is 18.2 Å². The van der Waals surface area contributed by atoms with Gasteiger partial charge in [-0.05, 0) is 68.6 Å². The number of carbonyl (C=O) groups is 2. The van der Waals surface area contributed by atoms with Gasteiger partial charge in [0.05, 0.1) is 30.4 Å². The normalized spacial score (nSPS) is 21.4. The smallest absolute Gasteiger partial charge is 0.255 e. The first-order valence-electron chi connectivity index (χ1n) is 15.9. The van der Waals surface area contributed by atoms with Gasteiger partial charge in [0.25, 0.3) is 5.91 Å². The number of nitrogens with zero attached hydrogens (tertiary/aromatic N) is 5. The number of benzene rings is 1. The Morgan fingerprint density at radius 2 is 1.84 bits per heavy atom. The van der Waals surface area contributed by atoms with Gasteiger partial charge in [0.1, 0.15) is 23.1 Å². The highest BCUT2D eigenvalue weighted by molar-refractivity contribution is 5.96. The Hall–Kier alpha value is -3.92. The molecule has 0 radical (unpaired) electrons. The number of rotatable bonds is 6. The second-order valence-corrected chi connectivity index (χ2v) is 13.0. The Morgan fingerprint density at radius 1 is 1.07 bits per heavy atom. The van der Waals surface area contributed by atoms with E-state index in [0.29, 0.717) is 29.7 Å². The molecule has 10 heteroatoms. The maximum Gasteiger partial charge on any atom is 0.255 e. The van der Waals surface area contributed by atoms with Crippen LogP contribution in [0.25, 0.3) is 27.8 Å². The van der Waals surface area contributed by atoms with E-state index in [9.17, 15) is 14.0 Å². The Morgan fingerprint density at radius 3 is 2.52 bits per heavy atom. The molecule has 2 aliphatic heterocycles. The molecule has 7 rings (SSSR count). The molecule has 1 saturated carbocycles. The molecule has 9 nitrogen and oxygen atoms in total. The summed E-state index contributed by atoms with van der Waals surface area (Å²) in [5.41, 5.74) is 12.7. The van der Waals surface area contributed by atoms with E-state index < -0.39 is 6.17 Å². The summed E-state index contributed by atoms with van der Waals surface area (Å²) in [7, 11) is 1.60. The summed E-state index contributed by atoms with van der Waals surface area (Å²) in [6.07, 6.45) is 5.22. The summed E-state index contributed by atoms with van der Waals surface area (Å²) in [4.78, 5) is 28.9. The highest BCUT2D eigenvalue weighted by Crippen LogP contribution is 2.41. The molecule has 3 fully saturated rings. The van der Waals surface area contributed by atoms with E-state index >= 15 is 0 Å². The van der Waals surface area contributed by atoms with Crippen molar-refractivity contribution in [2.24, 2.45) is 11.7 Å². The number of fused-ring (bicyclic) bond motifs is 2. The molecule has 4 aromatic rings. The number of methoxy groups -OCH3 is 1. The van der Waals surface area contributed by atoms with Crippen molar-refractivity contribution in [3.63, 3.8) is 0 Å². The molecule has 2 atom stereocenters. The van der Waals surface area contributed by atoms with Crippen molar-refractivity contribution in [3.8, 4) is 17.1 Å². The van der Waals surface area contributed by atoms with Gasteiger partial charge in [-0.3, -0.25) is 9.59 Å². The number of alkyl halides is 1. The maximum atomic E-state index is 14.3. The lowest BCUT2D eigenvalue weighted by Gasteiger charge is -2.33. The van der Waals surface area contributed by atoms with Crippen molar-refractivity contribution in [1.82, 2.24) is 24.0 Å². The standard InChI is InChI=1S/C34H41FN6O3/c1-20-31(37-41-17-25(14-30(44-3)32(20)41)34(43)39-18-26(35)15-27(36)19-39)29-13-24-5-4-6-28(33(24)40(29)16-22-7-8-22)23-9-11-38(12-10-23)21(2)42/h4-6,13-14,17,22-23,26-27H,7-12,15-16,18-19,36H2,1-3H3/t26-,27-/m1/s1. The van der Waals surface area contributed by atoms with Crippen LogP contribution >= 0.6 is 0 Å². The number of likely N-dealkylation sites (tertiary alicyclic amines) is 2. The number of aryl methyl sites for hydroxylation is 1. The van der Waals surface area contributed by atoms with Gasteiger partial charge in [0.15, 0.2) is 0 Å². The second kappa shape index (κ2) is 11.2. The van der Waals surface area contributed by atoms with Crippen LogP contribution in [0.5, 0.6) is 5.75 Å². The third kappa shape index (κ3) is 5.12. The number of pyridine rings is 1. The maximum absolute atomic E-state index is 14.3. The number of nitrogens with two attached hydrogens (primary N) is 1. The minimum Gasteiger partial charge on any atom is -0.494 e. The molecule has 3 aromatic heterocycles. The van der Waals surface area contributed by atoms with E-state index in [0.717, 1.165) is 54.9 Å². The van der Waals surface area contributed by atoms with E-state index in [4.69, 9.17) is 15.6 Å². The fourth-order valence-electron chi connectivity index (χ4n) is 7.36. The number of amides is 2. The minimum atomic E-state index is -1.13. The topological polar surface area (TPSA) is 98.1 Å². The predicted octanol–water partition coefficient (Wildman–Crippen LogP) is 4.92. The van der Waals surface area contributed by atoms with Crippen LogP contribution in [-0.2, 0) is 11.3 Å². The molecule has 1 aliphatic carbocycles. The number of ether oxygens (including phenoxy) is 1. The van der Waals surface area contributed by atoms with Crippen LogP contribution in [0.3, 0.4) is 0 Å². The Bertz CT molecular complexity index is 1740. The van der Waals surface area contributed by atoms with Crippen LogP contribution in [0.2, 0.25) is 0 Å². The van der Waals surface area contributed by atoms with Crippen LogP contribution in [-0.4, -0.2) is 81.3 Å². The first-order valence-corrected chi connectivity index (χ1v) is 15.9. The molecule has 1 aromatic carbocycles. The van der Waals surface area contributed by atoms with Crippen molar-refractivity contribution in [2.75, 3.05) is 33.3 Å². The molecular weight excluding hydrogens is 559 g/mol. The number of halogens is 1. The van der Waals surface area contributed by atoms with Gasteiger partial charge >= 0.3 is 0 Å². The fourth-order valence-corrected chi connectivity index (χ4v) is 7.36. The fraction of sp³-hybridized carbons (Fsp3) is 0.500. The average molecular weight is 601 g/mol. The third-order valence-corrected chi connectivity index (χ3v) is 9.83. The lowest BCUT2D eigenvalue weighted by molar-refractivity contribution is -0.129. The SMILES string of the molecule is COc1cc(C(=O)N2C[C@H](N)C[C@@H](F)C2)cn2nc(-c3cc4cccc(C5CCN(C(C)=O)CC5)c4n3CC3CC3)c(C)c12. The summed E-state index contributed by atoms with van der Waals surface area (Å²) >= 11 is 0. The van der Waals surface area contributed by atoms with Crippen LogP contribution in [0.1, 0.15) is 66.4 Å². The van der Waals surface area contributed by atoms with E-state index in [2.05, 4.69) is 35.8 Å². The zero-order valence-electron chi connectivity index (χ0n) is 25.8. The number of piperidine rings is 2. The van der Waals surface area contributed by atoms with Crippen molar-refractivity contribution in [1.29, 1.82) is 0 Å². The molecule has 2 N–H and O–H groups in total. The van der Waals surface area contributed by atoms with Gasteiger partial charge in [-0.25, -0.2) is 8.91 Å². The highest BCUT2D eigenvalue weighted by atomic mass is 19.1. The van der Waals surface area contributed by atoms with Gasteiger partial charge < -0.3 is 24.8 Å². The number of hydrogen-bond acceptors (Lipinski definition) is 5. The summed E-state index contributed by atoms with van der Waals surface area (Å²) in [5.74, 6) is 1.45. The molecule has 2 saturated heterocycles. The quantitative estimate of drug-likeness (QED) is 0.339. The van der Waals surface area contributed by atoms with Crippen LogP contribution in [0.4, 0.5) is 4.39 Å². The van der Waals surface area contributed by atoms with Gasteiger partial charge in [-0.2, -0.15) is 5.10 Å². The molecule has 5 heterocycles. The van der Waals surface area contributed by atoms with Crippen molar-refractivity contribution < 1.29 is 18.7 Å². The largest absolute Gasteiger partial charge is 0.494 e. The number of para-hydroxylation sites is 1. The molecular formula is C34H41FN6O3. The number of carbonyl (C=O) groups excluding carboxylic acids is 2. The molecule has 0 unspecified atom stereocenters. The zero-order valence-corrected chi connectivity index (χ0v) is 25.8. The first-order chi connectivity index (χ1) is 21.2. The monoisotopic (exact) mass is 600 g/mol. The average Bonchev–Trinajstić information content (AvgIpc) is 3.68. The van der Waals surface area contributed by atoms with E-state index in [1.807, 2.05) is 4.90 Å². The lowest BCUT2D eigenvalue weighted by atomic mass is 9.88.